The quantitative estimate of drug-likeness (QED) is 0.861. The lowest BCUT2D eigenvalue weighted by Crippen LogP contribution is -2.24. The first-order valence-corrected chi connectivity index (χ1v) is 7.14. The van der Waals surface area contributed by atoms with E-state index < -0.39 is 5.97 Å². The molecule has 0 atom stereocenters. The minimum Gasteiger partial charge on any atom is -0.461 e. The largest absolute Gasteiger partial charge is 0.461 e. The molecule has 0 aliphatic heterocycles. The fourth-order valence-electron chi connectivity index (χ4n) is 1.76. The molecule has 0 spiro atoms. The number of carbonyl (C=O) groups excluding carboxylic acids is 2. The van der Waals surface area contributed by atoms with Gasteiger partial charge < -0.3 is 10.1 Å². The van der Waals surface area contributed by atoms with Gasteiger partial charge in [-0.1, -0.05) is 29.8 Å². The van der Waals surface area contributed by atoms with Crippen LogP contribution in [0.2, 0.25) is 5.02 Å². The van der Waals surface area contributed by atoms with Crippen LogP contribution in [-0.2, 0) is 11.3 Å². The van der Waals surface area contributed by atoms with Gasteiger partial charge in [-0.3, -0.25) is 4.79 Å². The smallest absolute Gasteiger partial charge is 0.356 e. The molecular weight excluding hydrogens is 304 g/mol. The number of carbonyl (C=O) groups is 2. The molecule has 5 nitrogen and oxygen atoms in total. The summed E-state index contributed by atoms with van der Waals surface area (Å²) < 4.78 is 4.86. The van der Waals surface area contributed by atoms with Crippen molar-refractivity contribution < 1.29 is 14.3 Å². The summed E-state index contributed by atoms with van der Waals surface area (Å²) in [5, 5.41) is 3.37. The highest BCUT2D eigenvalue weighted by Gasteiger charge is 2.12. The molecule has 0 saturated heterocycles. The number of benzene rings is 1. The van der Waals surface area contributed by atoms with Crippen molar-refractivity contribution in [3.8, 4) is 0 Å². The summed E-state index contributed by atoms with van der Waals surface area (Å²) in [6.45, 7) is 2.31. The van der Waals surface area contributed by atoms with Crippen LogP contribution >= 0.6 is 11.6 Å². The van der Waals surface area contributed by atoms with E-state index in [4.69, 9.17) is 16.3 Å². The van der Waals surface area contributed by atoms with E-state index in [1.807, 2.05) is 12.1 Å². The van der Waals surface area contributed by atoms with E-state index in [9.17, 15) is 9.59 Å². The van der Waals surface area contributed by atoms with Crippen LogP contribution in [0.25, 0.3) is 0 Å². The van der Waals surface area contributed by atoms with Crippen LogP contribution in [0.15, 0.2) is 42.5 Å². The van der Waals surface area contributed by atoms with E-state index >= 15 is 0 Å². The van der Waals surface area contributed by atoms with Crippen LogP contribution in [0.4, 0.5) is 0 Å². The summed E-state index contributed by atoms with van der Waals surface area (Å²) in [5.41, 5.74) is 1.19. The molecule has 1 aromatic heterocycles. The van der Waals surface area contributed by atoms with Gasteiger partial charge in [0.2, 0.25) is 0 Å². The number of aromatic nitrogens is 1. The van der Waals surface area contributed by atoms with Crippen LogP contribution < -0.4 is 5.32 Å². The van der Waals surface area contributed by atoms with Gasteiger partial charge in [0, 0.05) is 11.6 Å². The number of ether oxygens (including phenoxy) is 1. The summed E-state index contributed by atoms with van der Waals surface area (Å²) in [6, 6.07) is 11.8. The molecular formula is C16H15ClN2O3. The van der Waals surface area contributed by atoms with Gasteiger partial charge in [-0.15, -0.1) is 0 Å². The molecule has 2 aromatic rings. The highest BCUT2D eigenvalue weighted by atomic mass is 35.5. The van der Waals surface area contributed by atoms with Gasteiger partial charge in [-0.2, -0.15) is 0 Å². The molecule has 1 heterocycles. The monoisotopic (exact) mass is 318 g/mol. The van der Waals surface area contributed by atoms with Crippen LogP contribution in [-0.4, -0.2) is 23.5 Å². The molecule has 0 radical (unpaired) electrons. The Labute approximate surface area is 133 Å². The Morgan fingerprint density at radius 2 is 1.82 bits per heavy atom. The number of rotatable bonds is 5. The Balaban J connectivity index is 2.01. The molecule has 0 saturated carbocycles. The Morgan fingerprint density at radius 1 is 1.14 bits per heavy atom. The highest BCUT2D eigenvalue weighted by Crippen LogP contribution is 2.09. The lowest BCUT2D eigenvalue weighted by Gasteiger charge is -2.06. The first-order valence-electron chi connectivity index (χ1n) is 6.77. The molecule has 2 rings (SSSR count). The molecule has 0 aliphatic carbocycles. The summed E-state index contributed by atoms with van der Waals surface area (Å²) >= 11 is 5.80. The molecule has 1 aromatic carbocycles. The van der Waals surface area contributed by atoms with E-state index in [1.54, 1.807) is 31.2 Å². The van der Waals surface area contributed by atoms with Gasteiger partial charge in [-0.05, 0) is 36.8 Å². The summed E-state index contributed by atoms with van der Waals surface area (Å²) in [4.78, 5) is 27.7. The zero-order chi connectivity index (χ0) is 15.9. The summed E-state index contributed by atoms with van der Waals surface area (Å²) in [5.74, 6) is -0.907. The number of nitrogens with one attached hydrogen (secondary N) is 1. The third-order valence-electron chi connectivity index (χ3n) is 2.83. The molecule has 0 bridgehead atoms. The Hall–Kier alpha value is -2.40. The predicted octanol–water partition coefficient (Wildman–Crippen LogP) is 2.84. The standard InChI is InChI=1S/C16H15ClN2O3/c1-2-22-16(21)14-5-3-4-13(19-14)15(20)18-10-11-6-8-12(17)9-7-11/h3-9H,2,10H2,1H3,(H,18,20). The Morgan fingerprint density at radius 3 is 2.50 bits per heavy atom. The van der Waals surface area contributed by atoms with E-state index in [-0.39, 0.29) is 23.9 Å². The minimum atomic E-state index is -0.546. The van der Waals surface area contributed by atoms with Crippen LogP contribution in [0.5, 0.6) is 0 Å². The molecule has 0 unspecified atom stereocenters. The summed E-state index contributed by atoms with van der Waals surface area (Å²) in [6.07, 6.45) is 0. The molecule has 114 valence electrons. The summed E-state index contributed by atoms with van der Waals surface area (Å²) in [7, 11) is 0. The van der Waals surface area contributed by atoms with Gasteiger partial charge in [0.1, 0.15) is 11.4 Å². The molecule has 6 heteroatoms. The molecule has 0 aliphatic rings. The van der Waals surface area contributed by atoms with E-state index in [0.29, 0.717) is 11.6 Å². The SMILES string of the molecule is CCOC(=O)c1cccc(C(=O)NCc2ccc(Cl)cc2)n1. The van der Waals surface area contributed by atoms with Crippen molar-refractivity contribution >= 4 is 23.5 Å². The predicted molar refractivity (Wildman–Crippen MR) is 82.8 cm³/mol. The number of hydrogen-bond acceptors (Lipinski definition) is 4. The van der Waals surface area contributed by atoms with Crippen molar-refractivity contribution in [2.24, 2.45) is 0 Å². The maximum atomic E-state index is 12.1. The first-order chi connectivity index (χ1) is 10.6. The van der Waals surface area contributed by atoms with Crippen molar-refractivity contribution in [3.05, 3.63) is 64.4 Å². The van der Waals surface area contributed by atoms with Crippen LogP contribution in [0.1, 0.15) is 33.5 Å². The van der Waals surface area contributed by atoms with Crippen molar-refractivity contribution in [2.75, 3.05) is 6.61 Å². The van der Waals surface area contributed by atoms with Gasteiger partial charge >= 0.3 is 5.97 Å². The number of esters is 1. The number of halogens is 1. The molecule has 1 N–H and O–H groups in total. The van der Waals surface area contributed by atoms with Crippen molar-refractivity contribution in [1.82, 2.24) is 10.3 Å². The third-order valence-corrected chi connectivity index (χ3v) is 3.08. The second-order valence-electron chi connectivity index (χ2n) is 4.44. The van der Waals surface area contributed by atoms with E-state index in [2.05, 4.69) is 10.3 Å². The van der Waals surface area contributed by atoms with Crippen molar-refractivity contribution in [2.45, 2.75) is 13.5 Å². The number of nitrogens with zero attached hydrogens (tertiary/aromatic N) is 1. The Bertz CT molecular complexity index is 671. The lowest BCUT2D eigenvalue weighted by molar-refractivity contribution is 0.0519. The van der Waals surface area contributed by atoms with Gasteiger partial charge in [-0.25, -0.2) is 9.78 Å². The van der Waals surface area contributed by atoms with Crippen LogP contribution in [0.3, 0.4) is 0 Å². The number of hydrogen-bond donors (Lipinski definition) is 1. The normalized spacial score (nSPS) is 10.1. The minimum absolute atomic E-state index is 0.112. The zero-order valence-electron chi connectivity index (χ0n) is 12.0. The Kier molecular flexibility index (Phi) is 5.49. The van der Waals surface area contributed by atoms with E-state index in [0.717, 1.165) is 5.56 Å². The molecule has 1 amide bonds. The molecule has 22 heavy (non-hydrogen) atoms. The second kappa shape index (κ2) is 7.56. The molecule has 0 fully saturated rings. The fraction of sp³-hybridized carbons (Fsp3) is 0.188. The van der Waals surface area contributed by atoms with Gasteiger partial charge in [0.25, 0.3) is 5.91 Å². The number of amides is 1. The number of pyridine rings is 1. The van der Waals surface area contributed by atoms with Crippen molar-refractivity contribution in [3.63, 3.8) is 0 Å². The lowest BCUT2D eigenvalue weighted by atomic mass is 10.2. The third kappa shape index (κ3) is 4.30. The van der Waals surface area contributed by atoms with Crippen LogP contribution in [0, 0.1) is 0 Å². The van der Waals surface area contributed by atoms with Gasteiger partial charge in [0.15, 0.2) is 0 Å². The van der Waals surface area contributed by atoms with Gasteiger partial charge in [0.05, 0.1) is 6.61 Å². The first kappa shape index (κ1) is 16.0. The fourth-order valence-corrected chi connectivity index (χ4v) is 1.88. The average molecular weight is 319 g/mol. The average Bonchev–Trinajstić information content (AvgIpc) is 2.54. The highest BCUT2D eigenvalue weighted by molar-refractivity contribution is 6.30. The topological polar surface area (TPSA) is 68.3 Å². The maximum absolute atomic E-state index is 12.1. The zero-order valence-corrected chi connectivity index (χ0v) is 12.8. The maximum Gasteiger partial charge on any atom is 0.356 e. The van der Waals surface area contributed by atoms with Crippen molar-refractivity contribution in [1.29, 1.82) is 0 Å². The second-order valence-corrected chi connectivity index (χ2v) is 4.87. The van der Waals surface area contributed by atoms with E-state index in [1.165, 1.54) is 6.07 Å².